The number of aromatic nitrogens is 2. The lowest BCUT2D eigenvalue weighted by Crippen LogP contribution is -2.45. The van der Waals surface area contributed by atoms with Crippen LogP contribution in [0.15, 0.2) is 72.4 Å². The number of anilines is 2. The van der Waals surface area contributed by atoms with Crippen LogP contribution in [0, 0.1) is 5.92 Å². The molecule has 2 aromatic heterocycles. The third-order valence-electron chi connectivity index (χ3n) is 5.65. The molecule has 162 valence electrons. The Bertz CT molecular complexity index is 1200. The standard InChI is InChI=1S/C24H23N5O2S/c30-22(18-5-4-12-28(15-18)23(31)26-19-6-2-1-3-7-19)25-20-10-8-17(9-11-20)21-16-29-13-14-32-24(29)27-21/h1-3,6-11,13-14,16,18H,4-5,12,15H2,(H,25,30)(H,26,31). The highest BCUT2D eigenvalue weighted by atomic mass is 32.1. The maximum Gasteiger partial charge on any atom is 0.321 e. The number of nitrogens with zero attached hydrogens (tertiary/aromatic N) is 3. The van der Waals surface area contributed by atoms with E-state index in [9.17, 15) is 9.59 Å². The van der Waals surface area contributed by atoms with Crippen LogP contribution in [-0.2, 0) is 4.79 Å². The fourth-order valence-electron chi connectivity index (χ4n) is 3.93. The van der Waals surface area contributed by atoms with E-state index >= 15 is 0 Å². The number of rotatable bonds is 4. The first-order chi connectivity index (χ1) is 15.7. The van der Waals surface area contributed by atoms with Crippen LogP contribution in [0.3, 0.4) is 0 Å². The summed E-state index contributed by atoms with van der Waals surface area (Å²) in [5.74, 6) is -0.289. The van der Waals surface area contributed by atoms with Crippen molar-refractivity contribution in [3.63, 3.8) is 0 Å². The zero-order valence-corrected chi connectivity index (χ0v) is 18.2. The minimum absolute atomic E-state index is 0.0579. The highest BCUT2D eigenvalue weighted by Crippen LogP contribution is 2.24. The van der Waals surface area contributed by atoms with E-state index in [-0.39, 0.29) is 17.9 Å². The molecule has 5 rings (SSSR count). The molecule has 1 saturated heterocycles. The topological polar surface area (TPSA) is 78.7 Å². The molecule has 1 aliphatic rings. The molecule has 3 heterocycles. The third-order valence-corrected chi connectivity index (χ3v) is 6.42. The van der Waals surface area contributed by atoms with Crippen LogP contribution in [0.4, 0.5) is 16.2 Å². The number of hydrogen-bond acceptors (Lipinski definition) is 4. The number of para-hydroxylation sites is 1. The van der Waals surface area contributed by atoms with Gasteiger partial charge in [0.15, 0.2) is 4.96 Å². The maximum atomic E-state index is 12.8. The van der Waals surface area contributed by atoms with Gasteiger partial charge in [0.25, 0.3) is 0 Å². The zero-order valence-electron chi connectivity index (χ0n) is 17.4. The van der Waals surface area contributed by atoms with Crippen molar-refractivity contribution in [1.82, 2.24) is 14.3 Å². The van der Waals surface area contributed by atoms with Crippen molar-refractivity contribution in [2.24, 2.45) is 5.92 Å². The van der Waals surface area contributed by atoms with Gasteiger partial charge in [0, 0.05) is 47.8 Å². The number of fused-ring (bicyclic) bond motifs is 1. The van der Waals surface area contributed by atoms with Gasteiger partial charge >= 0.3 is 6.03 Å². The molecule has 7 nitrogen and oxygen atoms in total. The number of urea groups is 1. The molecule has 1 aliphatic heterocycles. The molecule has 0 spiro atoms. The normalized spacial score (nSPS) is 16.1. The van der Waals surface area contributed by atoms with E-state index in [4.69, 9.17) is 0 Å². The number of benzene rings is 2. The second kappa shape index (κ2) is 8.84. The van der Waals surface area contributed by atoms with Gasteiger partial charge in [-0.05, 0) is 37.1 Å². The van der Waals surface area contributed by atoms with E-state index in [1.54, 1.807) is 16.2 Å². The summed E-state index contributed by atoms with van der Waals surface area (Å²) in [5.41, 5.74) is 3.40. The fraction of sp³-hybridized carbons (Fsp3) is 0.208. The molecule has 0 aliphatic carbocycles. The molecule has 3 amide bonds. The van der Waals surface area contributed by atoms with E-state index in [0.29, 0.717) is 13.1 Å². The number of carbonyl (C=O) groups excluding carboxylic acids is 2. The van der Waals surface area contributed by atoms with Crippen LogP contribution >= 0.6 is 11.3 Å². The summed E-state index contributed by atoms with van der Waals surface area (Å²) >= 11 is 1.59. The Balaban J connectivity index is 1.19. The molecule has 1 atom stereocenters. The molecule has 0 radical (unpaired) electrons. The van der Waals surface area contributed by atoms with Gasteiger partial charge in [0.2, 0.25) is 5.91 Å². The first-order valence-electron chi connectivity index (χ1n) is 10.6. The highest BCUT2D eigenvalue weighted by molar-refractivity contribution is 7.15. The average molecular weight is 446 g/mol. The van der Waals surface area contributed by atoms with Crippen molar-refractivity contribution in [2.45, 2.75) is 12.8 Å². The van der Waals surface area contributed by atoms with Gasteiger partial charge in [0.05, 0.1) is 11.6 Å². The smallest absolute Gasteiger partial charge is 0.321 e. The summed E-state index contributed by atoms with van der Waals surface area (Å²) in [6, 6.07) is 16.9. The van der Waals surface area contributed by atoms with Crippen LogP contribution in [-0.4, -0.2) is 39.3 Å². The summed E-state index contributed by atoms with van der Waals surface area (Å²) in [6.07, 6.45) is 5.55. The van der Waals surface area contributed by atoms with E-state index < -0.39 is 0 Å². The summed E-state index contributed by atoms with van der Waals surface area (Å²) in [5, 5.41) is 7.90. The molecule has 0 bridgehead atoms. The molecular weight excluding hydrogens is 422 g/mol. The van der Waals surface area contributed by atoms with Crippen molar-refractivity contribution in [3.05, 3.63) is 72.4 Å². The Morgan fingerprint density at radius 1 is 1.00 bits per heavy atom. The second-order valence-electron chi connectivity index (χ2n) is 7.87. The molecule has 2 N–H and O–H groups in total. The van der Waals surface area contributed by atoms with Crippen LogP contribution in [0.5, 0.6) is 0 Å². The third kappa shape index (κ3) is 4.36. The van der Waals surface area contributed by atoms with Crippen LogP contribution < -0.4 is 10.6 Å². The van der Waals surface area contributed by atoms with Gasteiger partial charge in [-0.1, -0.05) is 30.3 Å². The van der Waals surface area contributed by atoms with Gasteiger partial charge < -0.3 is 15.5 Å². The SMILES string of the molecule is O=C(Nc1ccc(-c2cn3ccsc3n2)cc1)C1CCCN(C(=O)Nc2ccccc2)C1. The van der Waals surface area contributed by atoms with E-state index in [0.717, 1.165) is 40.4 Å². The monoisotopic (exact) mass is 445 g/mol. The number of thiazole rings is 1. The number of amides is 3. The first-order valence-corrected chi connectivity index (χ1v) is 11.5. The maximum absolute atomic E-state index is 12.8. The van der Waals surface area contributed by atoms with Crippen molar-refractivity contribution >= 4 is 39.6 Å². The molecule has 1 unspecified atom stereocenters. The second-order valence-corrected chi connectivity index (χ2v) is 8.74. The fourth-order valence-corrected chi connectivity index (χ4v) is 4.63. The van der Waals surface area contributed by atoms with Crippen molar-refractivity contribution < 1.29 is 9.59 Å². The Morgan fingerprint density at radius 3 is 2.56 bits per heavy atom. The molecule has 1 fully saturated rings. The Morgan fingerprint density at radius 2 is 1.78 bits per heavy atom. The van der Waals surface area contributed by atoms with Gasteiger partial charge in [0.1, 0.15) is 0 Å². The minimum atomic E-state index is -0.232. The molecule has 0 saturated carbocycles. The van der Waals surface area contributed by atoms with Gasteiger partial charge in [-0.15, -0.1) is 11.3 Å². The predicted octanol–water partition coefficient (Wildman–Crippen LogP) is 4.95. The molecule has 32 heavy (non-hydrogen) atoms. The lowest BCUT2D eigenvalue weighted by Gasteiger charge is -2.32. The molecule has 2 aromatic carbocycles. The van der Waals surface area contributed by atoms with Gasteiger partial charge in [-0.3, -0.25) is 9.20 Å². The molecular formula is C24H23N5O2S. The van der Waals surface area contributed by atoms with Crippen molar-refractivity contribution in [2.75, 3.05) is 23.7 Å². The minimum Gasteiger partial charge on any atom is -0.326 e. The van der Waals surface area contributed by atoms with Crippen molar-refractivity contribution in [3.8, 4) is 11.3 Å². The van der Waals surface area contributed by atoms with E-state index in [1.165, 1.54) is 0 Å². The summed E-state index contributed by atoms with van der Waals surface area (Å²) in [6.45, 7) is 1.06. The van der Waals surface area contributed by atoms with E-state index in [1.807, 2.05) is 76.8 Å². The number of nitrogens with one attached hydrogen (secondary N) is 2. The first kappa shape index (κ1) is 20.3. The van der Waals surface area contributed by atoms with Gasteiger partial charge in [-0.2, -0.15) is 0 Å². The Hall–Kier alpha value is -3.65. The summed E-state index contributed by atoms with van der Waals surface area (Å²) in [4.78, 5) is 32.7. The lowest BCUT2D eigenvalue weighted by atomic mass is 9.97. The van der Waals surface area contributed by atoms with Crippen LogP contribution in [0.25, 0.3) is 16.2 Å². The molecule has 8 heteroatoms. The number of hydrogen-bond donors (Lipinski definition) is 2. The quantitative estimate of drug-likeness (QED) is 0.467. The average Bonchev–Trinajstić information content (AvgIpc) is 3.43. The van der Waals surface area contributed by atoms with E-state index in [2.05, 4.69) is 15.6 Å². The van der Waals surface area contributed by atoms with Gasteiger partial charge in [-0.25, -0.2) is 9.78 Å². The molecule has 4 aromatic rings. The Kier molecular flexibility index (Phi) is 5.60. The van der Waals surface area contributed by atoms with Crippen molar-refractivity contribution in [1.29, 1.82) is 0 Å². The van der Waals surface area contributed by atoms with Crippen LogP contribution in [0.2, 0.25) is 0 Å². The number of piperidine rings is 1. The van der Waals surface area contributed by atoms with Crippen LogP contribution in [0.1, 0.15) is 12.8 Å². The largest absolute Gasteiger partial charge is 0.326 e. The zero-order chi connectivity index (χ0) is 21.9. The Labute approximate surface area is 189 Å². The summed E-state index contributed by atoms with van der Waals surface area (Å²) < 4.78 is 2.00. The predicted molar refractivity (Wildman–Crippen MR) is 127 cm³/mol. The lowest BCUT2D eigenvalue weighted by molar-refractivity contribution is -0.121. The number of likely N-dealkylation sites (tertiary alicyclic amines) is 1. The highest BCUT2D eigenvalue weighted by Gasteiger charge is 2.28. The number of imidazole rings is 1. The summed E-state index contributed by atoms with van der Waals surface area (Å²) in [7, 11) is 0. The number of carbonyl (C=O) groups is 2.